The Labute approximate surface area is 72.8 Å². The first-order valence-electron chi connectivity index (χ1n) is 4.30. The molecule has 2 atom stereocenters. The lowest BCUT2D eigenvalue weighted by atomic mass is 10.1. The van der Waals surface area contributed by atoms with E-state index in [4.69, 9.17) is 5.73 Å². The maximum atomic E-state index is 5.94. The van der Waals surface area contributed by atoms with E-state index in [1.807, 2.05) is 18.3 Å². The molecule has 1 aliphatic rings. The van der Waals surface area contributed by atoms with Crippen LogP contribution in [0.1, 0.15) is 25.5 Å². The molecular formula is C10H14N2. The van der Waals surface area contributed by atoms with Gasteiger partial charge in [0, 0.05) is 23.9 Å². The molecule has 0 spiro atoms. The van der Waals surface area contributed by atoms with E-state index in [2.05, 4.69) is 24.9 Å². The summed E-state index contributed by atoms with van der Waals surface area (Å²) in [7, 11) is 0. The van der Waals surface area contributed by atoms with Crippen molar-refractivity contribution in [1.29, 1.82) is 0 Å². The van der Waals surface area contributed by atoms with E-state index in [1.54, 1.807) is 0 Å². The molecule has 64 valence electrons. The maximum Gasteiger partial charge on any atom is 0.0456 e. The van der Waals surface area contributed by atoms with Gasteiger partial charge in [-0.2, -0.15) is 0 Å². The number of aromatic nitrogens is 1. The summed E-state index contributed by atoms with van der Waals surface area (Å²) in [5, 5.41) is 0. The summed E-state index contributed by atoms with van der Waals surface area (Å²) in [6, 6.07) is 6.29. The van der Waals surface area contributed by atoms with Gasteiger partial charge in [0.15, 0.2) is 0 Å². The highest BCUT2D eigenvalue weighted by Crippen LogP contribution is 2.56. The van der Waals surface area contributed by atoms with Gasteiger partial charge in [0.1, 0.15) is 0 Å². The average Bonchev–Trinajstić information content (AvgIpc) is 2.53. The molecule has 0 bridgehead atoms. The van der Waals surface area contributed by atoms with Crippen LogP contribution in [-0.2, 0) is 0 Å². The summed E-state index contributed by atoms with van der Waals surface area (Å²) in [4.78, 5) is 4.31. The van der Waals surface area contributed by atoms with Gasteiger partial charge in [0.25, 0.3) is 0 Å². The SMILES string of the molecule is CC1(C)C(N)C1c1ccccn1. The summed E-state index contributed by atoms with van der Waals surface area (Å²) < 4.78 is 0. The Kier molecular flexibility index (Phi) is 1.48. The molecule has 0 aliphatic heterocycles. The van der Waals surface area contributed by atoms with Crippen LogP contribution in [0.25, 0.3) is 0 Å². The van der Waals surface area contributed by atoms with Crippen molar-refractivity contribution < 1.29 is 0 Å². The van der Waals surface area contributed by atoms with Gasteiger partial charge < -0.3 is 5.73 Å². The molecule has 2 heteroatoms. The smallest absolute Gasteiger partial charge is 0.0456 e. The van der Waals surface area contributed by atoms with Crippen LogP contribution >= 0.6 is 0 Å². The van der Waals surface area contributed by atoms with Crippen molar-refractivity contribution in [2.45, 2.75) is 25.8 Å². The lowest BCUT2D eigenvalue weighted by molar-refractivity contribution is 0.595. The Morgan fingerprint density at radius 1 is 1.42 bits per heavy atom. The zero-order valence-corrected chi connectivity index (χ0v) is 7.49. The highest BCUT2D eigenvalue weighted by molar-refractivity contribution is 5.28. The minimum absolute atomic E-state index is 0.244. The summed E-state index contributed by atoms with van der Waals surface area (Å²) in [6.45, 7) is 4.38. The van der Waals surface area contributed by atoms with E-state index in [1.165, 1.54) is 0 Å². The third-order valence-corrected chi connectivity index (χ3v) is 2.92. The van der Waals surface area contributed by atoms with Gasteiger partial charge in [0.2, 0.25) is 0 Å². The van der Waals surface area contributed by atoms with Crippen LogP contribution in [0, 0.1) is 5.41 Å². The minimum Gasteiger partial charge on any atom is -0.327 e. The number of nitrogens with two attached hydrogens (primary N) is 1. The van der Waals surface area contributed by atoms with Crippen molar-refractivity contribution in [3.63, 3.8) is 0 Å². The van der Waals surface area contributed by atoms with Crippen LogP contribution in [0.3, 0.4) is 0 Å². The normalized spacial score (nSPS) is 31.6. The molecule has 1 heterocycles. The van der Waals surface area contributed by atoms with Crippen LogP contribution in [0.5, 0.6) is 0 Å². The fraction of sp³-hybridized carbons (Fsp3) is 0.500. The maximum absolute atomic E-state index is 5.94. The number of pyridine rings is 1. The van der Waals surface area contributed by atoms with E-state index in [-0.39, 0.29) is 11.5 Å². The summed E-state index contributed by atoms with van der Waals surface area (Å²) >= 11 is 0. The van der Waals surface area contributed by atoms with E-state index < -0.39 is 0 Å². The molecule has 1 aromatic rings. The highest BCUT2D eigenvalue weighted by Gasteiger charge is 2.56. The molecule has 2 N–H and O–H groups in total. The van der Waals surface area contributed by atoms with Crippen LogP contribution in [0.4, 0.5) is 0 Å². The summed E-state index contributed by atoms with van der Waals surface area (Å²) in [5.41, 5.74) is 7.31. The van der Waals surface area contributed by atoms with Gasteiger partial charge in [-0.05, 0) is 17.5 Å². The zero-order chi connectivity index (χ0) is 8.77. The topological polar surface area (TPSA) is 38.9 Å². The highest BCUT2D eigenvalue weighted by atomic mass is 14.9. The number of hydrogen-bond donors (Lipinski definition) is 1. The standard InChI is InChI=1S/C10H14N2/c1-10(2)8(9(10)11)7-5-3-4-6-12-7/h3-6,8-9H,11H2,1-2H3. The third kappa shape index (κ3) is 0.950. The van der Waals surface area contributed by atoms with E-state index in [0.717, 1.165) is 5.69 Å². The predicted octanol–water partition coefficient (Wildman–Crippen LogP) is 1.53. The minimum atomic E-state index is 0.244. The first-order chi connectivity index (χ1) is 5.64. The van der Waals surface area contributed by atoms with Gasteiger partial charge >= 0.3 is 0 Å². The molecule has 1 fully saturated rings. The van der Waals surface area contributed by atoms with Crippen LogP contribution in [0.15, 0.2) is 24.4 Å². The van der Waals surface area contributed by atoms with E-state index in [9.17, 15) is 0 Å². The molecule has 2 unspecified atom stereocenters. The Balaban J connectivity index is 2.25. The van der Waals surface area contributed by atoms with Gasteiger partial charge in [-0.25, -0.2) is 0 Å². The molecule has 0 radical (unpaired) electrons. The first kappa shape index (κ1) is 7.74. The second-order valence-electron chi connectivity index (χ2n) is 4.08. The fourth-order valence-corrected chi connectivity index (χ4v) is 1.80. The predicted molar refractivity (Wildman–Crippen MR) is 48.7 cm³/mol. The Morgan fingerprint density at radius 2 is 2.08 bits per heavy atom. The van der Waals surface area contributed by atoms with Gasteiger partial charge in [-0.3, -0.25) is 4.98 Å². The average molecular weight is 162 g/mol. The lowest BCUT2D eigenvalue weighted by Crippen LogP contribution is -2.06. The number of rotatable bonds is 1. The second kappa shape index (κ2) is 2.30. The second-order valence-corrected chi connectivity index (χ2v) is 4.08. The van der Waals surface area contributed by atoms with Gasteiger partial charge in [-0.1, -0.05) is 19.9 Å². The lowest BCUT2D eigenvalue weighted by Gasteiger charge is -1.99. The Hall–Kier alpha value is -0.890. The third-order valence-electron chi connectivity index (χ3n) is 2.92. The van der Waals surface area contributed by atoms with Crippen molar-refractivity contribution in [2.24, 2.45) is 11.1 Å². The van der Waals surface area contributed by atoms with Gasteiger partial charge in [0.05, 0.1) is 0 Å². The molecule has 1 saturated carbocycles. The molecule has 2 nitrogen and oxygen atoms in total. The van der Waals surface area contributed by atoms with Crippen LogP contribution in [-0.4, -0.2) is 11.0 Å². The Morgan fingerprint density at radius 3 is 2.50 bits per heavy atom. The number of hydrogen-bond acceptors (Lipinski definition) is 2. The summed E-state index contributed by atoms with van der Waals surface area (Å²) in [5.74, 6) is 0.457. The zero-order valence-electron chi connectivity index (χ0n) is 7.49. The van der Waals surface area contributed by atoms with Crippen molar-refractivity contribution in [3.8, 4) is 0 Å². The van der Waals surface area contributed by atoms with E-state index in [0.29, 0.717) is 5.92 Å². The molecule has 0 aromatic carbocycles. The molecule has 1 aliphatic carbocycles. The summed E-state index contributed by atoms with van der Waals surface area (Å²) in [6.07, 6.45) is 1.83. The largest absolute Gasteiger partial charge is 0.327 e. The van der Waals surface area contributed by atoms with Crippen molar-refractivity contribution in [1.82, 2.24) is 4.98 Å². The Bertz CT molecular complexity index is 279. The molecule has 12 heavy (non-hydrogen) atoms. The monoisotopic (exact) mass is 162 g/mol. The van der Waals surface area contributed by atoms with Crippen LogP contribution in [0.2, 0.25) is 0 Å². The molecular weight excluding hydrogens is 148 g/mol. The van der Waals surface area contributed by atoms with Crippen LogP contribution < -0.4 is 5.73 Å². The molecule has 0 saturated heterocycles. The fourth-order valence-electron chi connectivity index (χ4n) is 1.80. The quantitative estimate of drug-likeness (QED) is 0.680. The molecule has 2 rings (SSSR count). The van der Waals surface area contributed by atoms with Crippen molar-refractivity contribution >= 4 is 0 Å². The van der Waals surface area contributed by atoms with Crippen molar-refractivity contribution in [3.05, 3.63) is 30.1 Å². The van der Waals surface area contributed by atoms with E-state index >= 15 is 0 Å². The number of nitrogens with zero attached hydrogens (tertiary/aromatic N) is 1. The molecule has 0 amide bonds. The van der Waals surface area contributed by atoms with Crippen molar-refractivity contribution in [2.75, 3.05) is 0 Å². The first-order valence-corrected chi connectivity index (χ1v) is 4.30. The molecule has 1 aromatic heterocycles. The van der Waals surface area contributed by atoms with Gasteiger partial charge in [-0.15, -0.1) is 0 Å².